The van der Waals surface area contributed by atoms with Crippen molar-refractivity contribution >= 4 is 0 Å². The van der Waals surface area contributed by atoms with Crippen molar-refractivity contribution in [2.24, 2.45) is 0 Å². The highest BCUT2D eigenvalue weighted by molar-refractivity contribution is 5.54. The highest BCUT2D eigenvalue weighted by Gasteiger charge is 2.30. The summed E-state index contributed by atoms with van der Waals surface area (Å²) in [5.74, 6) is 0.798. The first kappa shape index (κ1) is 13.6. The predicted octanol–water partition coefficient (Wildman–Crippen LogP) is 3.20. The smallest absolute Gasteiger partial charge is 0.416 e. The molecule has 0 atom stereocenters. The Morgan fingerprint density at radius 2 is 1.84 bits per heavy atom. The average Bonchev–Trinajstić information content (AvgIpc) is 2.71. The van der Waals surface area contributed by atoms with Crippen LogP contribution in [0.4, 0.5) is 13.2 Å². The van der Waals surface area contributed by atoms with Gasteiger partial charge in [0.25, 0.3) is 0 Å². The molecule has 0 bridgehead atoms. The Morgan fingerprint density at radius 1 is 1.21 bits per heavy atom. The lowest BCUT2D eigenvalue weighted by Gasteiger charge is -2.06. The number of rotatable bonds is 3. The summed E-state index contributed by atoms with van der Waals surface area (Å²) in [6.07, 6.45) is -4.02. The third-order valence-corrected chi connectivity index (χ3v) is 2.69. The Hall–Kier alpha value is -1.82. The van der Waals surface area contributed by atoms with Crippen LogP contribution in [-0.2, 0) is 12.6 Å². The van der Waals surface area contributed by atoms with Gasteiger partial charge in [0.15, 0.2) is 0 Å². The van der Waals surface area contributed by atoms with Gasteiger partial charge in [-0.15, -0.1) is 0 Å². The molecule has 19 heavy (non-hydrogen) atoms. The second-order valence-electron chi connectivity index (χ2n) is 4.08. The standard InChI is InChI=1S/C13H12F3NO2/c1-8-11(6-7-18)19-12(17-8)9-2-4-10(5-3-9)13(14,15)16/h2-5,18H,6-7H2,1H3. The molecule has 0 spiro atoms. The first-order chi connectivity index (χ1) is 8.91. The number of aliphatic hydroxyl groups excluding tert-OH is 1. The van der Waals surface area contributed by atoms with Gasteiger partial charge in [-0.1, -0.05) is 0 Å². The first-order valence-electron chi connectivity index (χ1n) is 5.66. The van der Waals surface area contributed by atoms with Gasteiger partial charge in [0, 0.05) is 12.0 Å². The second kappa shape index (κ2) is 5.05. The number of aliphatic hydroxyl groups is 1. The van der Waals surface area contributed by atoms with Crippen LogP contribution in [0, 0.1) is 6.92 Å². The van der Waals surface area contributed by atoms with Crippen LogP contribution in [0.5, 0.6) is 0 Å². The van der Waals surface area contributed by atoms with E-state index in [2.05, 4.69) is 4.98 Å². The Balaban J connectivity index is 2.30. The van der Waals surface area contributed by atoms with Gasteiger partial charge in [-0.2, -0.15) is 13.2 Å². The molecule has 0 amide bonds. The molecule has 1 aromatic carbocycles. The highest BCUT2D eigenvalue weighted by Crippen LogP contribution is 2.31. The van der Waals surface area contributed by atoms with Gasteiger partial charge < -0.3 is 9.52 Å². The molecule has 1 heterocycles. The molecule has 102 valence electrons. The summed E-state index contributed by atoms with van der Waals surface area (Å²) in [6, 6.07) is 4.61. The lowest BCUT2D eigenvalue weighted by atomic mass is 10.1. The van der Waals surface area contributed by atoms with Crippen LogP contribution in [-0.4, -0.2) is 16.7 Å². The van der Waals surface area contributed by atoms with Gasteiger partial charge in [-0.05, 0) is 31.2 Å². The van der Waals surface area contributed by atoms with E-state index in [9.17, 15) is 13.2 Å². The van der Waals surface area contributed by atoms with E-state index in [1.54, 1.807) is 6.92 Å². The maximum atomic E-state index is 12.4. The summed E-state index contributed by atoms with van der Waals surface area (Å²) in [4.78, 5) is 4.13. The lowest BCUT2D eigenvalue weighted by molar-refractivity contribution is -0.137. The van der Waals surface area contributed by atoms with Crippen molar-refractivity contribution in [1.29, 1.82) is 0 Å². The van der Waals surface area contributed by atoms with Crippen LogP contribution in [0.3, 0.4) is 0 Å². The molecule has 1 N–H and O–H groups in total. The number of aromatic nitrogens is 1. The molecular weight excluding hydrogens is 259 g/mol. The monoisotopic (exact) mass is 271 g/mol. The fraction of sp³-hybridized carbons (Fsp3) is 0.308. The average molecular weight is 271 g/mol. The van der Waals surface area contributed by atoms with Crippen molar-refractivity contribution in [3.8, 4) is 11.5 Å². The van der Waals surface area contributed by atoms with E-state index in [1.165, 1.54) is 12.1 Å². The quantitative estimate of drug-likeness (QED) is 0.932. The minimum Gasteiger partial charge on any atom is -0.441 e. The van der Waals surface area contributed by atoms with Crippen molar-refractivity contribution in [2.75, 3.05) is 6.61 Å². The fourth-order valence-electron chi connectivity index (χ4n) is 1.69. The maximum absolute atomic E-state index is 12.4. The number of aryl methyl sites for hydroxylation is 1. The van der Waals surface area contributed by atoms with E-state index >= 15 is 0 Å². The summed E-state index contributed by atoms with van der Waals surface area (Å²) in [7, 11) is 0. The largest absolute Gasteiger partial charge is 0.441 e. The van der Waals surface area contributed by atoms with E-state index in [-0.39, 0.29) is 12.5 Å². The van der Waals surface area contributed by atoms with Gasteiger partial charge in [0.1, 0.15) is 5.76 Å². The van der Waals surface area contributed by atoms with Gasteiger partial charge in [-0.3, -0.25) is 0 Å². The molecular formula is C13H12F3NO2. The zero-order valence-corrected chi connectivity index (χ0v) is 10.2. The lowest BCUT2D eigenvalue weighted by Crippen LogP contribution is -2.03. The number of alkyl halides is 3. The van der Waals surface area contributed by atoms with E-state index in [0.717, 1.165) is 12.1 Å². The minimum atomic E-state index is -4.35. The first-order valence-corrected chi connectivity index (χ1v) is 5.66. The summed E-state index contributed by atoms with van der Waals surface area (Å²) in [6.45, 7) is 1.66. The molecule has 1 aromatic heterocycles. The molecule has 0 aliphatic carbocycles. The number of halogens is 3. The molecule has 2 aromatic rings. The number of hydrogen-bond acceptors (Lipinski definition) is 3. The zero-order chi connectivity index (χ0) is 14.0. The molecule has 2 rings (SSSR count). The SMILES string of the molecule is Cc1nc(-c2ccc(C(F)(F)F)cc2)oc1CCO. The van der Waals surface area contributed by atoms with Crippen molar-refractivity contribution in [3.63, 3.8) is 0 Å². The van der Waals surface area contributed by atoms with Crippen molar-refractivity contribution in [1.82, 2.24) is 4.98 Å². The van der Waals surface area contributed by atoms with Gasteiger partial charge >= 0.3 is 6.18 Å². The third kappa shape index (κ3) is 2.96. The van der Waals surface area contributed by atoms with Crippen LogP contribution >= 0.6 is 0 Å². The van der Waals surface area contributed by atoms with Crippen LogP contribution in [0.15, 0.2) is 28.7 Å². The number of nitrogens with zero attached hydrogens (tertiary/aromatic N) is 1. The molecule has 0 saturated heterocycles. The molecule has 0 aliphatic rings. The summed E-state index contributed by atoms with van der Waals surface area (Å²) >= 11 is 0. The van der Waals surface area contributed by atoms with Gasteiger partial charge in [0.2, 0.25) is 5.89 Å². The van der Waals surface area contributed by atoms with E-state index in [0.29, 0.717) is 23.4 Å². The second-order valence-corrected chi connectivity index (χ2v) is 4.08. The summed E-state index contributed by atoms with van der Waals surface area (Å²) in [5.41, 5.74) is 0.388. The van der Waals surface area contributed by atoms with Crippen LogP contribution in [0.25, 0.3) is 11.5 Å². The molecule has 0 radical (unpaired) electrons. The fourth-order valence-corrected chi connectivity index (χ4v) is 1.69. The topological polar surface area (TPSA) is 46.3 Å². The Labute approximate surface area is 107 Å². The van der Waals surface area contributed by atoms with Crippen molar-refractivity contribution in [2.45, 2.75) is 19.5 Å². The van der Waals surface area contributed by atoms with Crippen molar-refractivity contribution < 1.29 is 22.7 Å². The van der Waals surface area contributed by atoms with Gasteiger partial charge in [-0.25, -0.2) is 4.98 Å². The molecule has 0 unspecified atom stereocenters. The van der Waals surface area contributed by atoms with Crippen LogP contribution < -0.4 is 0 Å². The normalized spacial score (nSPS) is 11.8. The summed E-state index contributed by atoms with van der Waals surface area (Å²) < 4.78 is 42.7. The third-order valence-electron chi connectivity index (χ3n) is 2.69. The Bertz CT molecular complexity index is 558. The van der Waals surface area contributed by atoms with Crippen LogP contribution in [0.1, 0.15) is 17.0 Å². The minimum absolute atomic E-state index is 0.0670. The number of oxazole rings is 1. The number of hydrogen-bond donors (Lipinski definition) is 1. The highest BCUT2D eigenvalue weighted by atomic mass is 19.4. The molecule has 0 saturated carbocycles. The molecule has 0 aliphatic heterocycles. The van der Waals surface area contributed by atoms with E-state index < -0.39 is 11.7 Å². The van der Waals surface area contributed by atoms with E-state index in [1.807, 2.05) is 0 Å². The van der Waals surface area contributed by atoms with Gasteiger partial charge in [0.05, 0.1) is 17.9 Å². The molecule has 3 nitrogen and oxygen atoms in total. The predicted molar refractivity (Wildman–Crippen MR) is 62.5 cm³/mol. The number of benzene rings is 1. The van der Waals surface area contributed by atoms with E-state index in [4.69, 9.17) is 9.52 Å². The zero-order valence-electron chi connectivity index (χ0n) is 10.2. The van der Waals surface area contributed by atoms with Crippen molar-refractivity contribution in [3.05, 3.63) is 41.3 Å². The van der Waals surface area contributed by atoms with Crippen LogP contribution in [0.2, 0.25) is 0 Å². The Morgan fingerprint density at radius 3 is 2.37 bits per heavy atom. The molecule has 6 heteroatoms. The summed E-state index contributed by atoms with van der Waals surface area (Å²) in [5, 5.41) is 8.84. The maximum Gasteiger partial charge on any atom is 0.416 e. The Kier molecular flexibility index (Phi) is 3.61. The molecule has 0 fully saturated rings.